The number of fused-ring (bicyclic) bond motifs is 1. The summed E-state index contributed by atoms with van der Waals surface area (Å²) in [5, 5.41) is 2.75. The number of benzene rings is 2. The van der Waals surface area contributed by atoms with Gasteiger partial charge in [-0.25, -0.2) is 8.42 Å². The largest absolute Gasteiger partial charge is 0.378 e. The van der Waals surface area contributed by atoms with E-state index in [9.17, 15) is 18.0 Å². The van der Waals surface area contributed by atoms with E-state index in [2.05, 4.69) is 10.0 Å². The third-order valence-corrected chi connectivity index (χ3v) is 7.72. The van der Waals surface area contributed by atoms with Crippen molar-refractivity contribution in [3.8, 4) is 0 Å². The van der Waals surface area contributed by atoms with E-state index in [0.717, 1.165) is 30.4 Å². The third kappa shape index (κ3) is 6.22. The van der Waals surface area contributed by atoms with E-state index < -0.39 is 16.1 Å². The summed E-state index contributed by atoms with van der Waals surface area (Å²) in [6.45, 7) is 1.60. The highest BCUT2D eigenvalue weighted by Gasteiger charge is 2.30. The van der Waals surface area contributed by atoms with Crippen LogP contribution in [0.2, 0.25) is 0 Å². The van der Waals surface area contributed by atoms with Crippen molar-refractivity contribution in [3.63, 3.8) is 0 Å². The van der Waals surface area contributed by atoms with Crippen LogP contribution in [0.15, 0.2) is 53.4 Å². The van der Waals surface area contributed by atoms with Gasteiger partial charge in [-0.3, -0.25) is 9.59 Å². The molecule has 1 atom stereocenters. The number of hydrogen-bond acceptors (Lipinski definition) is 5. The first kappa shape index (κ1) is 24.4. The maximum Gasteiger partial charge on any atom is 0.241 e. The highest BCUT2D eigenvalue weighted by Crippen LogP contribution is 2.25. The van der Waals surface area contributed by atoms with Crippen molar-refractivity contribution in [1.82, 2.24) is 14.9 Å². The van der Waals surface area contributed by atoms with Gasteiger partial charge in [-0.2, -0.15) is 4.72 Å². The van der Waals surface area contributed by atoms with Gasteiger partial charge in [0.1, 0.15) is 6.04 Å². The van der Waals surface area contributed by atoms with Gasteiger partial charge in [-0.05, 0) is 54.5 Å². The molecule has 2 aromatic carbocycles. The van der Waals surface area contributed by atoms with Gasteiger partial charge < -0.3 is 15.0 Å². The molecule has 2 aliphatic rings. The van der Waals surface area contributed by atoms with E-state index in [0.29, 0.717) is 19.8 Å². The number of ether oxygens (including phenoxy) is 1. The molecule has 4 rings (SSSR count). The van der Waals surface area contributed by atoms with Crippen LogP contribution in [0, 0.1) is 0 Å². The Morgan fingerprint density at radius 3 is 2.65 bits per heavy atom. The summed E-state index contributed by atoms with van der Waals surface area (Å²) in [7, 11) is -3.93. The molecule has 2 aromatic rings. The molecule has 9 heteroatoms. The second kappa shape index (κ2) is 11.1. The molecule has 2 N–H and O–H groups in total. The molecule has 34 heavy (non-hydrogen) atoms. The van der Waals surface area contributed by atoms with Gasteiger partial charge in [0.15, 0.2) is 0 Å². The topological polar surface area (TPSA) is 105 Å². The van der Waals surface area contributed by atoms with Gasteiger partial charge in [0.2, 0.25) is 21.8 Å². The summed E-state index contributed by atoms with van der Waals surface area (Å²) in [5.74, 6) is -0.535. The molecule has 8 nitrogen and oxygen atoms in total. The molecule has 1 aliphatic carbocycles. The van der Waals surface area contributed by atoms with Gasteiger partial charge in [-0.15, -0.1) is 0 Å². The molecule has 0 spiro atoms. The summed E-state index contributed by atoms with van der Waals surface area (Å²) in [6, 6.07) is 13.5. The van der Waals surface area contributed by atoms with Crippen molar-refractivity contribution in [2.75, 3.05) is 32.8 Å². The zero-order valence-corrected chi connectivity index (χ0v) is 20.0. The minimum atomic E-state index is -3.93. The normalized spacial score (nSPS) is 18.1. The van der Waals surface area contributed by atoms with Gasteiger partial charge in [0, 0.05) is 26.1 Å². The highest BCUT2D eigenvalue weighted by molar-refractivity contribution is 7.89. The second-order valence-electron chi connectivity index (χ2n) is 8.69. The number of carbonyl (C=O) groups excluding carboxylic acids is 2. The van der Waals surface area contributed by atoms with Crippen LogP contribution < -0.4 is 10.0 Å². The lowest BCUT2D eigenvalue weighted by Crippen LogP contribution is -2.51. The summed E-state index contributed by atoms with van der Waals surface area (Å²) in [5.41, 5.74) is 3.07. The summed E-state index contributed by atoms with van der Waals surface area (Å²) >= 11 is 0. The van der Waals surface area contributed by atoms with Crippen molar-refractivity contribution < 1.29 is 22.7 Å². The number of nitrogens with zero attached hydrogens (tertiary/aromatic N) is 1. The van der Waals surface area contributed by atoms with Crippen molar-refractivity contribution in [3.05, 3.63) is 65.2 Å². The van der Waals surface area contributed by atoms with E-state index >= 15 is 0 Å². The maximum atomic E-state index is 13.6. The summed E-state index contributed by atoms with van der Waals surface area (Å²) in [4.78, 5) is 27.3. The molecule has 1 heterocycles. The average molecular weight is 486 g/mol. The SMILES string of the molecule is O=C1CCN(C(=O)[C@@H](Cc2ccccc2)NS(=O)(=O)c2ccc3c(c2)CCC3)CCOCCN1. The Hall–Kier alpha value is -2.75. The van der Waals surface area contributed by atoms with Crippen LogP contribution in [-0.2, 0) is 43.6 Å². The second-order valence-corrected chi connectivity index (χ2v) is 10.4. The molecule has 0 bridgehead atoms. The number of rotatable bonds is 6. The summed E-state index contributed by atoms with van der Waals surface area (Å²) < 4.78 is 34.8. The fourth-order valence-electron chi connectivity index (χ4n) is 4.42. The predicted octanol–water partition coefficient (Wildman–Crippen LogP) is 1.43. The van der Waals surface area contributed by atoms with Gasteiger partial charge in [0.05, 0.1) is 18.1 Å². The smallest absolute Gasteiger partial charge is 0.241 e. The van der Waals surface area contributed by atoms with Crippen molar-refractivity contribution in [1.29, 1.82) is 0 Å². The molecule has 1 fully saturated rings. The van der Waals surface area contributed by atoms with Crippen molar-refractivity contribution >= 4 is 21.8 Å². The number of amides is 2. The van der Waals surface area contributed by atoms with Crippen LogP contribution in [-0.4, -0.2) is 64.0 Å². The molecule has 1 saturated heterocycles. The first-order valence-electron chi connectivity index (χ1n) is 11.7. The Morgan fingerprint density at radius 2 is 1.82 bits per heavy atom. The Morgan fingerprint density at radius 1 is 1.03 bits per heavy atom. The molecule has 0 aromatic heterocycles. The lowest BCUT2D eigenvalue weighted by molar-refractivity contribution is -0.134. The monoisotopic (exact) mass is 485 g/mol. The van der Waals surface area contributed by atoms with E-state index in [1.807, 2.05) is 36.4 Å². The first-order valence-corrected chi connectivity index (χ1v) is 13.2. The van der Waals surface area contributed by atoms with Gasteiger partial charge >= 0.3 is 0 Å². The lowest BCUT2D eigenvalue weighted by atomic mass is 10.1. The van der Waals surface area contributed by atoms with Crippen LogP contribution in [0.25, 0.3) is 0 Å². The van der Waals surface area contributed by atoms with Crippen LogP contribution >= 0.6 is 0 Å². The molecule has 0 radical (unpaired) electrons. The van der Waals surface area contributed by atoms with Gasteiger partial charge in [0.25, 0.3) is 0 Å². The van der Waals surface area contributed by atoms with E-state index in [4.69, 9.17) is 4.74 Å². The number of hydrogen-bond donors (Lipinski definition) is 2. The van der Waals surface area contributed by atoms with Crippen LogP contribution in [0.1, 0.15) is 29.5 Å². The minimum absolute atomic E-state index is 0.154. The zero-order valence-electron chi connectivity index (χ0n) is 19.2. The number of carbonyl (C=O) groups is 2. The fraction of sp³-hybridized carbons (Fsp3) is 0.440. The Kier molecular flexibility index (Phi) is 7.97. The number of aryl methyl sites for hydroxylation is 2. The number of nitrogens with one attached hydrogen (secondary N) is 2. The van der Waals surface area contributed by atoms with Crippen molar-refractivity contribution in [2.24, 2.45) is 0 Å². The fourth-order valence-corrected chi connectivity index (χ4v) is 5.66. The standard InChI is InChI=1S/C25H31N3O5S/c29-24-11-13-28(14-16-33-15-12-26-24)25(30)23(17-19-5-2-1-3-6-19)27-34(31,32)22-10-9-20-7-4-8-21(20)18-22/h1-3,5-6,9-10,18,23,27H,4,7-8,11-17H2,(H,26,29)/t23-/m1/s1. The highest BCUT2D eigenvalue weighted by atomic mass is 32.2. The number of sulfonamides is 1. The Bertz CT molecular complexity index is 1120. The van der Waals surface area contributed by atoms with Crippen LogP contribution in [0.4, 0.5) is 0 Å². The van der Waals surface area contributed by atoms with E-state index in [1.165, 1.54) is 10.5 Å². The Labute approximate surface area is 200 Å². The van der Waals surface area contributed by atoms with Crippen LogP contribution in [0.5, 0.6) is 0 Å². The van der Waals surface area contributed by atoms with E-state index in [1.54, 1.807) is 12.1 Å². The molecular formula is C25H31N3O5S. The van der Waals surface area contributed by atoms with Gasteiger partial charge in [-0.1, -0.05) is 36.4 Å². The minimum Gasteiger partial charge on any atom is -0.378 e. The maximum absolute atomic E-state index is 13.6. The molecule has 1 aliphatic heterocycles. The van der Waals surface area contributed by atoms with Crippen molar-refractivity contribution in [2.45, 2.75) is 43.0 Å². The molecule has 0 unspecified atom stereocenters. The van der Waals surface area contributed by atoms with Crippen LogP contribution in [0.3, 0.4) is 0 Å². The molecular weight excluding hydrogens is 454 g/mol. The predicted molar refractivity (Wildman–Crippen MR) is 128 cm³/mol. The quantitative estimate of drug-likeness (QED) is 0.644. The Balaban J connectivity index is 1.57. The average Bonchev–Trinajstić information content (AvgIpc) is 3.31. The first-order chi connectivity index (χ1) is 16.4. The molecule has 182 valence electrons. The zero-order chi connectivity index (χ0) is 24.0. The third-order valence-electron chi connectivity index (χ3n) is 6.25. The summed E-state index contributed by atoms with van der Waals surface area (Å²) in [6.07, 6.45) is 3.20. The lowest BCUT2D eigenvalue weighted by Gasteiger charge is -2.28. The molecule has 2 amide bonds. The molecule has 0 saturated carbocycles. The van der Waals surface area contributed by atoms with E-state index in [-0.39, 0.29) is 42.6 Å².